The predicted molar refractivity (Wildman–Crippen MR) is 147 cm³/mol. The highest BCUT2D eigenvalue weighted by Crippen LogP contribution is 2.61. The topological polar surface area (TPSA) is 77.8 Å². The first-order valence-corrected chi connectivity index (χ1v) is 15.1. The van der Waals surface area contributed by atoms with Gasteiger partial charge in [-0.05, 0) is 85.7 Å². The van der Waals surface area contributed by atoms with Crippen LogP contribution in [0.3, 0.4) is 0 Å². The van der Waals surface area contributed by atoms with Gasteiger partial charge in [0.05, 0.1) is 23.7 Å². The summed E-state index contributed by atoms with van der Waals surface area (Å²) >= 11 is 0. The summed E-state index contributed by atoms with van der Waals surface area (Å²) < 4.78 is 121. The van der Waals surface area contributed by atoms with Crippen LogP contribution in [0.1, 0.15) is 71.6 Å². The molecule has 4 aliphatic rings. The van der Waals surface area contributed by atoms with Gasteiger partial charge in [-0.25, -0.2) is 0 Å². The largest absolute Gasteiger partial charge is 0.460 e. The number of ketones is 1. The third-order valence-electron chi connectivity index (χ3n) is 10.8. The van der Waals surface area contributed by atoms with Crippen LogP contribution in [0.15, 0.2) is 47.6 Å². The highest BCUT2D eigenvalue weighted by atomic mass is 19.4. The molecule has 7 atom stereocenters. The average Bonchev–Trinajstić information content (AvgIpc) is 3.67. The van der Waals surface area contributed by atoms with Crippen molar-refractivity contribution in [2.75, 3.05) is 0 Å². The third-order valence-corrected chi connectivity index (χ3v) is 10.8. The molecule has 0 saturated heterocycles. The molecule has 0 aliphatic heterocycles. The second-order valence-corrected chi connectivity index (χ2v) is 13.6. The molecule has 0 aromatic carbocycles. The van der Waals surface area contributed by atoms with Crippen molar-refractivity contribution < 1.29 is 59.6 Å². The van der Waals surface area contributed by atoms with Gasteiger partial charge in [-0.1, -0.05) is 50.3 Å². The normalized spacial score (nSPS) is 34.3. The molecule has 45 heavy (non-hydrogen) atoms. The molecular weight excluding hydrogens is 619 g/mol. The molecule has 0 aromatic rings. The van der Waals surface area contributed by atoms with E-state index in [4.69, 9.17) is 0 Å². The molecule has 4 nitrogen and oxygen atoms in total. The second-order valence-electron chi connectivity index (χ2n) is 13.6. The number of hydrogen-bond acceptors (Lipinski definition) is 4. The van der Waals surface area contributed by atoms with E-state index in [2.05, 4.69) is 13.5 Å². The Balaban J connectivity index is 1.49. The summed E-state index contributed by atoms with van der Waals surface area (Å²) in [7, 11) is 0. The van der Waals surface area contributed by atoms with Crippen LogP contribution in [-0.2, 0) is 4.79 Å². The van der Waals surface area contributed by atoms with E-state index >= 15 is 0 Å². The van der Waals surface area contributed by atoms with E-state index < -0.39 is 66.3 Å². The van der Waals surface area contributed by atoms with Crippen molar-refractivity contribution in [3.63, 3.8) is 0 Å². The van der Waals surface area contributed by atoms with Crippen molar-refractivity contribution in [1.29, 1.82) is 0 Å². The van der Waals surface area contributed by atoms with E-state index in [9.17, 15) is 59.6 Å². The van der Waals surface area contributed by atoms with Gasteiger partial charge in [0.1, 0.15) is 0 Å². The molecule has 0 aromatic heterocycles. The van der Waals surface area contributed by atoms with Gasteiger partial charge in [0.25, 0.3) is 0 Å². The van der Waals surface area contributed by atoms with E-state index in [1.807, 2.05) is 19.1 Å². The highest BCUT2D eigenvalue weighted by Gasteiger charge is 2.85. The summed E-state index contributed by atoms with van der Waals surface area (Å²) in [6, 6.07) is 0. The van der Waals surface area contributed by atoms with Crippen molar-refractivity contribution in [2.24, 2.45) is 28.6 Å². The summed E-state index contributed by atoms with van der Waals surface area (Å²) in [5.41, 5.74) is -0.287. The number of aliphatic hydroxyl groups is 3. The van der Waals surface area contributed by atoms with Crippen molar-refractivity contribution in [3.8, 4) is 0 Å². The van der Waals surface area contributed by atoms with Crippen molar-refractivity contribution >= 4 is 5.78 Å². The maximum Gasteiger partial charge on any atom is 0.460 e. The van der Waals surface area contributed by atoms with Gasteiger partial charge in [-0.3, -0.25) is 4.79 Å². The Morgan fingerprint density at radius 1 is 0.956 bits per heavy atom. The van der Waals surface area contributed by atoms with Gasteiger partial charge in [-0.15, -0.1) is 0 Å². The number of halogens is 9. The Labute approximate surface area is 255 Å². The zero-order valence-electron chi connectivity index (χ0n) is 25.0. The lowest BCUT2D eigenvalue weighted by Gasteiger charge is -2.44. The lowest BCUT2D eigenvalue weighted by atomic mass is 9.61. The summed E-state index contributed by atoms with van der Waals surface area (Å²) in [5.74, 6) is -23.6. The van der Waals surface area contributed by atoms with Gasteiger partial charge in [-0.2, -0.15) is 39.5 Å². The predicted octanol–water partition coefficient (Wildman–Crippen LogP) is 7.50. The van der Waals surface area contributed by atoms with Crippen LogP contribution >= 0.6 is 0 Å². The molecule has 13 heteroatoms. The van der Waals surface area contributed by atoms with Crippen LogP contribution in [0.25, 0.3) is 0 Å². The summed E-state index contributed by atoms with van der Waals surface area (Å²) in [4.78, 5) is 12.5. The summed E-state index contributed by atoms with van der Waals surface area (Å²) in [6.07, 6.45) is -0.683. The molecule has 3 N–H and O–H groups in total. The van der Waals surface area contributed by atoms with Gasteiger partial charge < -0.3 is 15.3 Å². The monoisotopic (exact) mass is 658 g/mol. The number of allylic oxidation sites excluding steroid dienone is 4. The molecule has 0 unspecified atom stereocenters. The molecule has 4 rings (SSSR count). The SMILES string of the molecule is C=C1/C(=C\C=C2/CCC[C@]3(C)[C@@H]([C@H](C)/C=C/[C@H](O)C4(C(=O)C(F)(F)C(F)(F)C(F)(F)C(F)(F)F)CC4)CC[C@@H]23)C[C@@H](O)C[C@@H]1O. The highest BCUT2D eigenvalue weighted by molar-refractivity contribution is 5.95. The van der Waals surface area contributed by atoms with Gasteiger partial charge >= 0.3 is 23.9 Å². The molecule has 4 fully saturated rings. The van der Waals surface area contributed by atoms with E-state index in [-0.39, 0.29) is 29.6 Å². The summed E-state index contributed by atoms with van der Waals surface area (Å²) in [5, 5.41) is 30.8. The fraction of sp³-hybridized carbons (Fsp3) is 0.719. The van der Waals surface area contributed by atoms with Crippen LogP contribution in [0.2, 0.25) is 0 Å². The number of carbonyl (C=O) groups is 1. The Kier molecular flexibility index (Phi) is 9.40. The van der Waals surface area contributed by atoms with E-state index in [1.165, 1.54) is 11.6 Å². The standard InChI is InChI=1S/C32H39F9O4/c1-17(6-11-25(44)28(13-14-28)26(45)29(33,34)30(35,36)31(37,38)32(39,40)41)22-9-10-23-19(5-4-12-27(22,23)3)7-8-20-15-21(42)16-24(43)18(20)2/h6-8,11,17,21-25,42-44H,2,4-5,9-10,12-16H2,1,3H3/b11-6+,19-7+,20-8-/t17-,21-,22-,23+,24+,25+,27-/m1/s1. The molecule has 0 radical (unpaired) electrons. The number of rotatable bonds is 9. The number of hydrogen-bond donors (Lipinski definition) is 3. The first-order valence-electron chi connectivity index (χ1n) is 15.1. The van der Waals surface area contributed by atoms with Crippen molar-refractivity contribution in [1.82, 2.24) is 0 Å². The third kappa shape index (κ3) is 5.94. The molecule has 4 aliphatic carbocycles. The van der Waals surface area contributed by atoms with Crippen LogP contribution in [0.4, 0.5) is 39.5 Å². The molecule has 0 bridgehead atoms. The van der Waals surface area contributed by atoms with E-state index in [0.717, 1.165) is 43.8 Å². The second kappa shape index (κ2) is 11.8. The van der Waals surface area contributed by atoms with E-state index in [0.29, 0.717) is 12.0 Å². The van der Waals surface area contributed by atoms with Crippen LogP contribution in [-0.4, -0.2) is 63.4 Å². The smallest absolute Gasteiger partial charge is 0.393 e. The summed E-state index contributed by atoms with van der Waals surface area (Å²) in [6.45, 7) is 7.87. The fourth-order valence-electron chi connectivity index (χ4n) is 7.83. The lowest BCUT2D eigenvalue weighted by Crippen LogP contribution is -2.65. The Bertz CT molecular complexity index is 1260. The maximum atomic E-state index is 14.4. The molecule has 0 amide bonds. The zero-order chi connectivity index (χ0) is 34.0. The minimum Gasteiger partial charge on any atom is -0.393 e. The molecule has 0 heterocycles. The fourth-order valence-corrected chi connectivity index (χ4v) is 7.83. The van der Waals surface area contributed by atoms with Gasteiger partial charge in [0, 0.05) is 6.42 Å². The van der Waals surface area contributed by atoms with Crippen LogP contribution < -0.4 is 0 Å². The van der Waals surface area contributed by atoms with Crippen LogP contribution in [0.5, 0.6) is 0 Å². The number of carbonyl (C=O) groups excluding carboxylic acids is 1. The van der Waals surface area contributed by atoms with Crippen molar-refractivity contribution in [2.45, 2.75) is 114 Å². The number of fused-ring (bicyclic) bond motifs is 1. The minimum atomic E-state index is -7.18. The lowest BCUT2D eigenvalue weighted by molar-refractivity contribution is -0.389. The number of aliphatic hydroxyl groups excluding tert-OH is 3. The molecular formula is C32H39F9O4. The Hall–Kier alpha value is -2.12. The Morgan fingerprint density at radius 2 is 1.58 bits per heavy atom. The number of alkyl halides is 9. The first-order chi connectivity index (χ1) is 20.5. The van der Waals surface area contributed by atoms with E-state index in [1.54, 1.807) is 0 Å². The number of Topliss-reactive ketones (excluding diaryl/α,β-unsaturated/α-hetero) is 1. The molecule has 4 saturated carbocycles. The van der Waals surface area contributed by atoms with Crippen LogP contribution in [0, 0.1) is 28.6 Å². The maximum absolute atomic E-state index is 14.4. The minimum absolute atomic E-state index is 0.0256. The van der Waals surface area contributed by atoms with Gasteiger partial charge in [0.2, 0.25) is 5.78 Å². The average molecular weight is 659 g/mol. The first kappa shape index (κ1) is 35.7. The molecule has 254 valence electrons. The Morgan fingerprint density at radius 3 is 2.16 bits per heavy atom. The van der Waals surface area contributed by atoms with Crippen molar-refractivity contribution in [3.05, 3.63) is 47.6 Å². The zero-order valence-corrected chi connectivity index (χ0v) is 25.0. The molecule has 0 spiro atoms. The van der Waals surface area contributed by atoms with Gasteiger partial charge in [0.15, 0.2) is 0 Å². The quantitative estimate of drug-likeness (QED) is 0.177.